The zero-order valence-electron chi connectivity index (χ0n) is 9.83. The molecule has 0 aliphatic heterocycles. The molecule has 0 spiro atoms. The summed E-state index contributed by atoms with van der Waals surface area (Å²) < 4.78 is 14.3. The van der Waals surface area contributed by atoms with E-state index in [1.54, 1.807) is 0 Å². The molecule has 18 heavy (non-hydrogen) atoms. The standard InChI is InChI=1S/C9H10N2O7/c1-16-5-4-6(17-2)8(11(14)15)9(18-3)7(5)10(12)13/h4H,1-3H3. The van der Waals surface area contributed by atoms with Gasteiger partial charge in [0.1, 0.15) is 0 Å². The molecular formula is C9H10N2O7. The summed E-state index contributed by atoms with van der Waals surface area (Å²) in [6, 6.07) is 1.07. The number of nitrogens with zero attached hydrogens (tertiary/aromatic N) is 2. The average molecular weight is 258 g/mol. The first-order valence-corrected chi connectivity index (χ1v) is 4.59. The first kappa shape index (κ1) is 13.5. The van der Waals surface area contributed by atoms with E-state index in [-0.39, 0.29) is 11.5 Å². The van der Waals surface area contributed by atoms with Crippen molar-refractivity contribution in [3.05, 3.63) is 26.3 Å². The Bertz CT molecular complexity index is 460. The number of hydrogen-bond donors (Lipinski definition) is 0. The van der Waals surface area contributed by atoms with Crippen molar-refractivity contribution in [2.24, 2.45) is 0 Å². The van der Waals surface area contributed by atoms with Crippen LogP contribution in [0.15, 0.2) is 6.07 Å². The summed E-state index contributed by atoms with van der Waals surface area (Å²) in [6.45, 7) is 0. The maximum absolute atomic E-state index is 10.9. The van der Waals surface area contributed by atoms with Crippen LogP contribution in [-0.4, -0.2) is 31.2 Å². The normalized spacial score (nSPS) is 9.72. The van der Waals surface area contributed by atoms with Gasteiger partial charge in [0, 0.05) is 6.07 Å². The molecule has 0 heterocycles. The highest BCUT2D eigenvalue weighted by molar-refractivity contribution is 5.73. The van der Waals surface area contributed by atoms with E-state index in [1.165, 1.54) is 14.2 Å². The Morgan fingerprint density at radius 3 is 1.50 bits per heavy atom. The molecule has 1 rings (SSSR count). The molecule has 0 aliphatic carbocycles. The molecule has 0 aliphatic rings. The molecule has 0 aromatic heterocycles. The summed E-state index contributed by atoms with van der Waals surface area (Å²) in [7, 11) is 3.49. The quantitative estimate of drug-likeness (QED) is 0.580. The smallest absolute Gasteiger partial charge is 0.359 e. The highest BCUT2D eigenvalue weighted by Crippen LogP contribution is 2.49. The van der Waals surface area contributed by atoms with Crippen molar-refractivity contribution in [2.45, 2.75) is 0 Å². The van der Waals surface area contributed by atoms with Crippen molar-refractivity contribution in [1.29, 1.82) is 0 Å². The Hall–Kier alpha value is -2.58. The van der Waals surface area contributed by atoms with Crippen LogP contribution in [-0.2, 0) is 0 Å². The minimum atomic E-state index is -0.815. The van der Waals surface area contributed by atoms with Gasteiger partial charge in [0.2, 0.25) is 11.5 Å². The third-order valence-electron chi connectivity index (χ3n) is 2.17. The van der Waals surface area contributed by atoms with Gasteiger partial charge >= 0.3 is 11.4 Å². The topological polar surface area (TPSA) is 114 Å². The molecule has 0 fully saturated rings. The van der Waals surface area contributed by atoms with Crippen LogP contribution in [0.2, 0.25) is 0 Å². The fourth-order valence-electron chi connectivity index (χ4n) is 1.44. The van der Waals surface area contributed by atoms with Gasteiger partial charge in [-0.15, -0.1) is 0 Å². The Labute approximate surface area is 101 Å². The summed E-state index contributed by atoms with van der Waals surface area (Å²) in [5.74, 6) is -0.875. The number of nitro groups is 2. The van der Waals surface area contributed by atoms with E-state index in [2.05, 4.69) is 0 Å². The van der Waals surface area contributed by atoms with Crippen molar-refractivity contribution < 1.29 is 24.1 Å². The van der Waals surface area contributed by atoms with Crippen LogP contribution in [0, 0.1) is 20.2 Å². The third kappa shape index (κ3) is 2.10. The lowest BCUT2D eigenvalue weighted by atomic mass is 10.2. The lowest BCUT2D eigenvalue weighted by molar-refractivity contribution is -0.396. The van der Waals surface area contributed by atoms with Crippen LogP contribution in [0.5, 0.6) is 17.2 Å². The molecule has 1 aromatic rings. The number of benzene rings is 1. The zero-order valence-corrected chi connectivity index (χ0v) is 9.83. The lowest BCUT2D eigenvalue weighted by Gasteiger charge is -2.09. The summed E-state index contributed by atoms with van der Waals surface area (Å²) >= 11 is 0. The average Bonchev–Trinajstić information content (AvgIpc) is 2.35. The van der Waals surface area contributed by atoms with Crippen LogP contribution in [0.4, 0.5) is 11.4 Å². The Morgan fingerprint density at radius 1 is 0.889 bits per heavy atom. The van der Waals surface area contributed by atoms with Gasteiger partial charge in [-0.1, -0.05) is 0 Å². The monoisotopic (exact) mass is 258 g/mol. The number of hydrogen-bond acceptors (Lipinski definition) is 7. The predicted molar refractivity (Wildman–Crippen MR) is 59.4 cm³/mol. The molecule has 98 valence electrons. The number of nitro benzene ring substituents is 2. The maximum atomic E-state index is 10.9. The van der Waals surface area contributed by atoms with Crippen LogP contribution in [0.25, 0.3) is 0 Å². The third-order valence-corrected chi connectivity index (χ3v) is 2.17. The summed E-state index contributed by atoms with van der Waals surface area (Å²) in [5, 5.41) is 21.8. The van der Waals surface area contributed by atoms with E-state index >= 15 is 0 Å². The largest absolute Gasteiger partial charge is 0.490 e. The molecule has 0 amide bonds. The molecule has 1 aromatic carbocycles. The van der Waals surface area contributed by atoms with Crippen LogP contribution < -0.4 is 14.2 Å². The highest BCUT2D eigenvalue weighted by atomic mass is 16.6. The van der Waals surface area contributed by atoms with Gasteiger partial charge in [-0.3, -0.25) is 20.2 Å². The lowest BCUT2D eigenvalue weighted by Crippen LogP contribution is -2.03. The predicted octanol–water partition coefficient (Wildman–Crippen LogP) is 1.53. The minimum Gasteiger partial charge on any atom is -0.490 e. The van der Waals surface area contributed by atoms with Gasteiger partial charge < -0.3 is 14.2 Å². The summed E-state index contributed by atoms with van der Waals surface area (Å²) in [6.07, 6.45) is 0. The van der Waals surface area contributed by atoms with Crippen molar-refractivity contribution >= 4 is 11.4 Å². The van der Waals surface area contributed by atoms with Crippen molar-refractivity contribution in [2.75, 3.05) is 21.3 Å². The number of ether oxygens (including phenoxy) is 3. The minimum absolute atomic E-state index is 0.181. The van der Waals surface area contributed by atoms with Gasteiger partial charge in [0.25, 0.3) is 5.75 Å². The van der Waals surface area contributed by atoms with Crippen molar-refractivity contribution in [3.63, 3.8) is 0 Å². The second kappa shape index (κ2) is 5.17. The Morgan fingerprint density at radius 2 is 1.28 bits per heavy atom. The van der Waals surface area contributed by atoms with Crippen molar-refractivity contribution in [1.82, 2.24) is 0 Å². The van der Waals surface area contributed by atoms with E-state index < -0.39 is 27.0 Å². The summed E-state index contributed by atoms with van der Waals surface area (Å²) in [5.41, 5.74) is -1.24. The van der Waals surface area contributed by atoms with Crippen LogP contribution in [0.3, 0.4) is 0 Å². The molecule has 0 N–H and O–H groups in total. The molecule has 0 saturated heterocycles. The van der Waals surface area contributed by atoms with Crippen molar-refractivity contribution in [3.8, 4) is 17.2 Å². The molecular weight excluding hydrogens is 248 g/mol. The molecule has 0 saturated carbocycles. The first-order valence-electron chi connectivity index (χ1n) is 4.59. The Balaban J connectivity index is 3.75. The zero-order chi connectivity index (χ0) is 13.9. The molecule has 0 atom stereocenters. The van der Waals surface area contributed by atoms with Gasteiger partial charge in [-0.25, -0.2) is 0 Å². The van der Waals surface area contributed by atoms with E-state index in [0.717, 1.165) is 13.2 Å². The van der Waals surface area contributed by atoms with Gasteiger partial charge in [0.15, 0.2) is 0 Å². The van der Waals surface area contributed by atoms with E-state index in [1.807, 2.05) is 0 Å². The molecule has 9 nitrogen and oxygen atoms in total. The Kier molecular flexibility index (Phi) is 3.87. The fourth-order valence-corrected chi connectivity index (χ4v) is 1.44. The molecule has 0 bridgehead atoms. The summed E-state index contributed by atoms with van der Waals surface area (Å²) in [4.78, 5) is 20.2. The maximum Gasteiger partial charge on any atom is 0.359 e. The SMILES string of the molecule is COc1cc(OC)c([N+](=O)[O-])c(OC)c1[N+](=O)[O-]. The molecule has 9 heteroatoms. The molecule has 0 unspecified atom stereocenters. The van der Waals surface area contributed by atoms with E-state index in [0.29, 0.717) is 0 Å². The fraction of sp³-hybridized carbons (Fsp3) is 0.333. The van der Waals surface area contributed by atoms with Crippen LogP contribution in [0.1, 0.15) is 0 Å². The second-order valence-electron chi connectivity index (χ2n) is 3.03. The van der Waals surface area contributed by atoms with Gasteiger partial charge in [-0.2, -0.15) is 0 Å². The van der Waals surface area contributed by atoms with Gasteiger partial charge in [-0.05, 0) is 0 Å². The first-order chi connectivity index (χ1) is 8.47. The van der Waals surface area contributed by atoms with E-state index in [9.17, 15) is 20.2 Å². The second-order valence-corrected chi connectivity index (χ2v) is 3.03. The van der Waals surface area contributed by atoms with Gasteiger partial charge in [0.05, 0.1) is 31.2 Å². The number of rotatable bonds is 5. The van der Waals surface area contributed by atoms with E-state index in [4.69, 9.17) is 14.2 Å². The highest BCUT2D eigenvalue weighted by Gasteiger charge is 2.35. The van der Waals surface area contributed by atoms with Crippen LogP contribution >= 0.6 is 0 Å². The number of methoxy groups -OCH3 is 3. The molecule has 0 radical (unpaired) electrons.